The van der Waals surface area contributed by atoms with Gasteiger partial charge in [-0.1, -0.05) is 27.5 Å². The van der Waals surface area contributed by atoms with Crippen LogP contribution in [0.3, 0.4) is 0 Å². The van der Waals surface area contributed by atoms with E-state index in [0.29, 0.717) is 5.15 Å². The quantitative estimate of drug-likeness (QED) is 0.240. The molecular weight excluding hydrogens is 512 g/mol. The van der Waals surface area contributed by atoms with Crippen molar-refractivity contribution in [2.75, 3.05) is 0 Å². The van der Waals surface area contributed by atoms with E-state index in [1.54, 1.807) is 17.0 Å². The number of nitrogens with zero attached hydrogens (tertiary/aromatic N) is 3. The number of rotatable bonds is 2. The second-order valence-electron chi connectivity index (χ2n) is 8.32. The summed E-state index contributed by atoms with van der Waals surface area (Å²) in [5.41, 5.74) is 3.59. The summed E-state index contributed by atoms with van der Waals surface area (Å²) in [5, 5.41) is 5.11. The Labute approximate surface area is 201 Å². The van der Waals surface area contributed by atoms with E-state index >= 15 is 0 Å². The Hall–Kier alpha value is -2.68. The Morgan fingerprint density at radius 3 is 2.81 bits per heavy atom. The summed E-state index contributed by atoms with van der Waals surface area (Å²) in [6, 6.07) is 7.71. The molecule has 1 N–H and O–H groups in total. The van der Waals surface area contributed by atoms with E-state index < -0.39 is 11.7 Å². The largest absolute Gasteiger partial charge is 0.443 e. The highest BCUT2D eigenvalue weighted by Crippen LogP contribution is 2.38. The summed E-state index contributed by atoms with van der Waals surface area (Å²) in [5.74, 6) is 0. The summed E-state index contributed by atoms with van der Waals surface area (Å²) < 4.78 is 8.07. The lowest BCUT2D eigenvalue weighted by molar-refractivity contribution is 0.0544. The number of halogens is 2. The zero-order valence-corrected chi connectivity index (χ0v) is 20.6. The Kier molecular flexibility index (Phi) is 5.11. The highest BCUT2D eigenvalue weighted by atomic mass is 79.9. The van der Waals surface area contributed by atoms with Crippen molar-refractivity contribution in [3.63, 3.8) is 0 Å². The third-order valence-corrected chi connectivity index (χ3v) is 6.58. The van der Waals surface area contributed by atoms with Crippen LogP contribution < -0.4 is 0 Å². The number of ether oxygens (including phenoxy) is 1. The molecule has 162 valence electrons. The number of fused-ring (bicyclic) bond motifs is 2. The van der Waals surface area contributed by atoms with Gasteiger partial charge >= 0.3 is 6.09 Å². The molecule has 9 heteroatoms. The molecule has 6 nitrogen and oxygen atoms in total. The topological polar surface area (TPSA) is 72.8 Å². The molecule has 4 aromatic heterocycles. The van der Waals surface area contributed by atoms with E-state index in [0.717, 1.165) is 48.1 Å². The Bertz CT molecular complexity index is 1500. The molecule has 0 aliphatic heterocycles. The highest BCUT2D eigenvalue weighted by Gasteiger charge is 2.23. The molecule has 0 spiro atoms. The van der Waals surface area contributed by atoms with Gasteiger partial charge in [0.15, 0.2) is 5.15 Å². The standard InChI is InChI=1S/C23H18BrClN4O2S/c1-23(2,3)31-22(30)29-10-16(14-8-12(24)4-5-18(14)29)21-28-17(11-32-21)15-9-27-19-13(15)6-7-26-20(19)25/h4-11,27H,1-3H3. The summed E-state index contributed by atoms with van der Waals surface area (Å²) in [7, 11) is 0. The van der Waals surface area contributed by atoms with Gasteiger partial charge in [-0.05, 0) is 45.0 Å². The first kappa shape index (κ1) is 21.2. The van der Waals surface area contributed by atoms with Gasteiger partial charge in [0.25, 0.3) is 0 Å². The molecule has 32 heavy (non-hydrogen) atoms. The summed E-state index contributed by atoms with van der Waals surface area (Å²) in [6.45, 7) is 5.55. The summed E-state index contributed by atoms with van der Waals surface area (Å²) >= 11 is 11.3. The first-order valence-electron chi connectivity index (χ1n) is 9.83. The van der Waals surface area contributed by atoms with Crippen LogP contribution in [-0.2, 0) is 4.74 Å². The molecule has 0 unspecified atom stereocenters. The summed E-state index contributed by atoms with van der Waals surface area (Å²) in [4.78, 5) is 25.0. The zero-order valence-electron chi connectivity index (χ0n) is 17.4. The van der Waals surface area contributed by atoms with E-state index in [1.807, 2.05) is 56.6 Å². The zero-order chi connectivity index (χ0) is 22.6. The smallest absolute Gasteiger partial charge is 0.419 e. The molecule has 5 rings (SSSR count). The molecule has 0 aliphatic rings. The SMILES string of the molecule is CC(C)(C)OC(=O)n1cc(-c2nc(-c3c[nH]c4c(Cl)nccc34)cs2)c2cc(Br)ccc21. The Balaban J connectivity index is 1.63. The number of aromatic amines is 1. The first-order valence-corrected chi connectivity index (χ1v) is 11.9. The fraction of sp³-hybridized carbons (Fsp3) is 0.174. The molecule has 0 amide bonds. The van der Waals surface area contributed by atoms with Crippen LogP contribution in [0.2, 0.25) is 5.15 Å². The lowest BCUT2D eigenvalue weighted by atomic mass is 10.1. The lowest BCUT2D eigenvalue weighted by Gasteiger charge is -2.19. The molecule has 0 atom stereocenters. The van der Waals surface area contributed by atoms with E-state index in [-0.39, 0.29) is 0 Å². The number of pyridine rings is 1. The molecule has 1 aromatic carbocycles. The minimum atomic E-state index is -0.594. The van der Waals surface area contributed by atoms with E-state index in [9.17, 15) is 4.79 Å². The maximum Gasteiger partial charge on any atom is 0.419 e. The molecule has 0 aliphatic carbocycles. The van der Waals surface area contributed by atoms with Crippen molar-refractivity contribution in [3.8, 4) is 21.8 Å². The maximum absolute atomic E-state index is 12.9. The molecule has 0 bridgehead atoms. The van der Waals surface area contributed by atoms with Crippen LogP contribution in [-0.4, -0.2) is 31.2 Å². The first-order chi connectivity index (χ1) is 15.2. The predicted octanol–water partition coefficient (Wildman–Crippen LogP) is 7.51. The number of hydrogen-bond donors (Lipinski definition) is 1. The van der Waals surface area contributed by atoms with Crippen molar-refractivity contribution in [1.29, 1.82) is 0 Å². The highest BCUT2D eigenvalue weighted by molar-refractivity contribution is 9.10. The van der Waals surface area contributed by atoms with Crippen molar-refractivity contribution in [3.05, 3.63) is 57.9 Å². The van der Waals surface area contributed by atoms with Crippen LogP contribution in [0.25, 0.3) is 43.6 Å². The average Bonchev–Trinajstić information content (AvgIpc) is 3.42. The minimum Gasteiger partial charge on any atom is -0.443 e. The minimum absolute atomic E-state index is 0.424. The third-order valence-electron chi connectivity index (χ3n) is 4.92. The molecule has 0 radical (unpaired) electrons. The number of benzene rings is 1. The van der Waals surface area contributed by atoms with Crippen molar-refractivity contribution in [2.24, 2.45) is 0 Å². The molecule has 5 aromatic rings. The number of carbonyl (C=O) groups excluding carboxylic acids is 1. The average molecular weight is 530 g/mol. The van der Waals surface area contributed by atoms with Crippen LogP contribution >= 0.6 is 38.9 Å². The second kappa shape index (κ2) is 7.72. The fourth-order valence-corrected chi connectivity index (χ4v) is 5.01. The van der Waals surface area contributed by atoms with Crippen LogP contribution in [0.15, 0.2) is 52.7 Å². The molecule has 4 heterocycles. The van der Waals surface area contributed by atoms with Gasteiger partial charge in [-0.3, -0.25) is 4.57 Å². The molecule has 0 saturated carbocycles. The third kappa shape index (κ3) is 3.72. The second-order valence-corrected chi connectivity index (χ2v) is 10.5. The molecule has 0 saturated heterocycles. The van der Waals surface area contributed by atoms with E-state index in [4.69, 9.17) is 21.3 Å². The van der Waals surface area contributed by atoms with E-state index in [1.165, 1.54) is 11.3 Å². The van der Waals surface area contributed by atoms with Gasteiger partial charge in [0.2, 0.25) is 0 Å². The lowest BCUT2D eigenvalue weighted by Crippen LogP contribution is -2.26. The van der Waals surface area contributed by atoms with Crippen LogP contribution in [0.5, 0.6) is 0 Å². The normalized spacial score (nSPS) is 12.0. The van der Waals surface area contributed by atoms with Gasteiger partial charge in [0, 0.05) is 50.3 Å². The van der Waals surface area contributed by atoms with Crippen LogP contribution in [0.1, 0.15) is 20.8 Å². The maximum atomic E-state index is 12.9. The van der Waals surface area contributed by atoms with Crippen LogP contribution in [0.4, 0.5) is 4.79 Å². The number of hydrogen-bond acceptors (Lipinski definition) is 5. The van der Waals surface area contributed by atoms with Crippen LogP contribution in [0, 0.1) is 0 Å². The number of aromatic nitrogens is 4. The molecule has 0 fully saturated rings. The Morgan fingerprint density at radius 1 is 1.22 bits per heavy atom. The number of thiazole rings is 1. The number of H-pyrrole nitrogens is 1. The van der Waals surface area contributed by atoms with Gasteiger partial charge in [-0.2, -0.15) is 0 Å². The fourth-order valence-electron chi connectivity index (χ4n) is 3.59. The van der Waals surface area contributed by atoms with Gasteiger partial charge < -0.3 is 9.72 Å². The predicted molar refractivity (Wildman–Crippen MR) is 132 cm³/mol. The van der Waals surface area contributed by atoms with Crippen molar-refractivity contribution in [2.45, 2.75) is 26.4 Å². The van der Waals surface area contributed by atoms with Crippen molar-refractivity contribution < 1.29 is 9.53 Å². The van der Waals surface area contributed by atoms with Gasteiger partial charge in [-0.25, -0.2) is 14.8 Å². The van der Waals surface area contributed by atoms with Crippen molar-refractivity contribution >= 4 is 66.8 Å². The van der Waals surface area contributed by atoms with Crippen molar-refractivity contribution in [1.82, 2.24) is 19.5 Å². The monoisotopic (exact) mass is 528 g/mol. The van der Waals surface area contributed by atoms with Gasteiger partial charge in [-0.15, -0.1) is 11.3 Å². The number of nitrogens with one attached hydrogen (secondary N) is 1. The Morgan fingerprint density at radius 2 is 2.03 bits per heavy atom. The van der Waals surface area contributed by atoms with Gasteiger partial charge in [0.05, 0.1) is 16.7 Å². The van der Waals surface area contributed by atoms with E-state index in [2.05, 4.69) is 25.9 Å². The summed E-state index contributed by atoms with van der Waals surface area (Å²) in [6.07, 6.45) is 4.94. The number of carbonyl (C=O) groups is 1. The van der Waals surface area contributed by atoms with Gasteiger partial charge in [0.1, 0.15) is 10.6 Å². The molecular formula is C23H18BrClN4O2S.